The largest absolute Gasteiger partial charge is 0.478 e. The zero-order valence-electron chi connectivity index (χ0n) is 11.2. The van der Waals surface area contributed by atoms with E-state index in [1.165, 1.54) is 11.3 Å². The summed E-state index contributed by atoms with van der Waals surface area (Å²) in [5.41, 5.74) is 0.220. The number of nitrogens with one attached hydrogen (secondary N) is 1. The molecule has 0 saturated carbocycles. The van der Waals surface area contributed by atoms with E-state index in [1.807, 2.05) is 19.2 Å². The van der Waals surface area contributed by atoms with Crippen LogP contribution in [0, 0.1) is 10.1 Å². The smallest absolute Gasteiger partial charge is 0.337 e. The predicted molar refractivity (Wildman–Crippen MR) is 77.3 cm³/mol. The number of aromatic nitrogens is 2. The fourth-order valence-electron chi connectivity index (χ4n) is 1.52. The highest BCUT2D eigenvalue weighted by atomic mass is 32.1. The number of rotatable bonds is 5. The number of carboxylic acid groups (broad SMARTS) is 1. The Kier molecular flexibility index (Phi) is 4.13. The lowest BCUT2D eigenvalue weighted by atomic mass is 10.2. The fourth-order valence-corrected chi connectivity index (χ4v) is 2.39. The molecule has 0 atom stereocenters. The fraction of sp³-hybridized carbons (Fsp3) is 0.250. The zero-order valence-corrected chi connectivity index (χ0v) is 12.0. The number of carbonyl (C=O) groups is 1. The van der Waals surface area contributed by atoms with E-state index in [1.54, 1.807) is 0 Å². The lowest BCUT2D eigenvalue weighted by molar-refractivity contribution is -0.384. The molecule has 0 amide bonds. The summed E-state index contributed by atoms with van der Waals surface area (Å²) in [5.74, 6) is -1.06. The van der Waals surface area contributed by atoms with Gasteiger partial charge >= 0.3 is 11.7 Å². The molecule has 2 rings (SSSR count). The molecule has 2 N–H and O–H groups in total. The van der Waals surface area contributed by atoms with Crippen molar-refractivity contribution in [1.29, 1.82) is 0 Å². The van der Waals surface area contributed by atoms with Gasteiger partial charge in [0.25, 0.3) is 0 Å². The Balaban J connectivity index is 2.34. The van der Waals surface area contributed by atoms with Crippen LogP contribution in [0.4, 0.5) is 16.6 Å². The average molecular weight is 308 g/mol. The number of pyridine rings is 1. The highest BCUT2D eigenvalue weighted by Gasteiger charge is 2.20. The van der Waals surface area contributed by atoms with Crippen LogP contribution in [0.1, 0.15) is 35.8 Å². The first-order valence-corrected chi connectivity index (χ1v) is 6.86. The molecular formula is C12H12N4O4S. The van der Waals surface area contributed by atoms with Crippen LogP contribution in [0.25, 0.3) is 0 Å². The summed E-state index contributed by atoms with van der Waals surface area (Å²) in [5, 5.41) is 24.9. The molecule has 0 aliphatic heterocycles. The Hall–Kier alpha value is -2.55. The van der Waals surface area contributed by atoms with Gasteiger partial charge in [-0.1, -0.05) is 13.8 Å². The number of thiazole rings is 1. The third-order valence-electron chi connectivity index (χ3n) is 2.65. The molecule has 0 aliphatic rings. The third kappa shape index (κ3) is 3.31. The first kappa shape index (κ1) is 14.9. The first-order valence-electron chi connectivity index (χ1n) is 5.98. The lowest BCUT2D eigenvalue weighted by Gasteiger charge is -2.04. The van der Waals surface area contributed by atoms with Crippen LogP contribution in [0.15, 0.2) is 17.6 Å². The summed E-state index contributed by atoms with van der Waals surface area (Å²) in [6, 6.07) is 0.967. The molecule has 8 nitrogen and oxygen atoms in total. The van der Waals surface area contributed by atoms with Crippen molar-refractivity contribution in [3.8, 4) is 0 Å². The SMILES string of the molecule is CC(C)c1csc(Nc2ncc(C(=O)O)cc2[N+](=O)[O-])n1. The van der Waals surface area contributed by atoms with E-state index >= 15 is 0 Å². The Bertz CT molecular complexity index is 698. The Morgan fingerprint density at radius 2 is 2.24 bits per heavy atom. The molecule has 9 heteroatoms. The highest BCUT2D eigenvalue weighted by Crippen LogP contribution is 2.29. The molecule has 110 valence electrons. The van der Waals surface area contributed by atoms with E-state index in [9.17, 15) is 14.9 Å². The van der Waals surface area contributed by atoms with Crippen LogP contribution in [0.2, 0.25) is 0 Å². The van der Waals surface area contributed by atoms with Crippen molar-refractivity contribution in [3.05, 3.63) is 39.0 Å². The van der Waals surface area contributed by atoms with Crippen LogP contribution >= 0.6 is 11.3 Å². The molecule has 0 spiro atoms. The van der Waals surface area contributed by atoms with Gasteiger partial charge in [0.1, 0.15) is 0 Å². The van der Waals surface area contributed by atoms with Crippen LogP contribution in [0.5, 0.6) is 0 Å². The van der Waals surface area contributed by atoms with Crippen LogP contribution in [-0.2, 0) is 0 Å². The second kappa shape index (κ2) is 5.83. The zero-order chi connectivity index (χ0) is 15.6. The molecule has 0 fully saturated rings. The summed E-state index contributed by atoms with van der Waals surface area (Å²) in [4.78, 5) is 29.3. The minimum Gasteiger partial charge on any atom is -0.478 e. The minimum atomic E-state index is -1.27. The topological polar surface area (TPSA) is 118 Å². The van der Waals surface area contributed by atoms with E-state index in [4.69, 9.17) is 5.11 Å². The van der Waals surface area contributed by atoms with Crippen molar-refractivity contribution in [2.24, 2.45) is 0 Å². The van der Waals surface area contributed by atoms with Crippen LogP contribution in [-0.4, -0.2) is 26.0 Å². The van der Waals surface area contributed by atoms with Gasteiger partial charge in [0.05, 0.1) is 16.2 Å². The molecular weight excluding hydrogens is 296 g/mol. The minimum absolute atomic E-state index is 0.0327. The average Bonchev–Trinajstić information content (AvgIpc) is 2.87. The van der Waals surface area contributed by atoms with Crippen LogP contribution < -0.4 is 5.32 Å². The molecule has 0 aromatic carbocycles. The van der Waals surface area contributed by atoms with E-state index in [2.05, 4.69) is 15.3 Å². The number of carboxylic acids is 1. The summed E-state index contributed by atoms with van der Waals surface area (Å²) in [6.07, 6.45) is 1.06. The Morgan fingerprint density at radius 3 is 2.76 bits per heavy atom. The van der Waals surface area contributed by atoms with Gasteiger partial charge in [0.15, 0.2) is 5.13 Å². The molecule has 0 saturated heterocycles. The van der Waals surface area contributed by atoms with Crippen molar-refractivity contribution in [3.63, 3.8) is 0 Å². The van der Waals surface area contributed by atoms with Crippen molar-refractivity contribution in [1.82, 2.24) is 9.97 Å². The number of hydrogen-bond donors (Lipinski definition) is 2. The monoisotopic (exact) mass is 308 g/mol. The van der Waals surface area contributed by atoms with Gasteiger partial charge in [-0.25, -0.2) is 14.8 Å². The number of hydrogen-bond acceptors (Lipinski definition) is 7. The van der Waals surface area contributed by atoms with Crippen molar-refractivity contribution >= 4 is 33.9 Å². The van der Waals surface area contributed by atoms with E-state index in [0.29, 0.717) is 5.13 Å². The van der Waals surface area contributed by atoms with Crippen molar-refractivity contribution in [2.75, 3.05) is 5.32 Å². The number of nitro groups is 1. The molecule has 2 heterocycles. The van der Waals surface area contributed by atoms with Gasteiger partial charge in [-0.15, -0.1) is 11.3 Å². The Morgan fingerprint density at radius 1 is 1.52 bits per heavy atom. The first-order chi connectivity index (χ1) is 9.88. The summed E-state index contributed by atoms with van der Waals surface area (Å²) < 4.78 is 0. The van der Waals surface area contributed by atoms with Crippen molar-refractivity contribution in [2.45, 2.75) is 19.8 Å². The molecule has 2 aromatic rings. The second-order valence-corrected chi connectivity index (χ2v) is 5.37. The Labute approximate surface area is 123 Å². The molecule has 0 unspecified atom stereocenters. The lowest BCUT2D eigenvalue weighted by Crippen LogP contribution is -2.04. The summed E-state index contributed by atoms with van der Waals surface area (Å²) >= 11 is 1.30. The maximum atomic E-state index is 11.0. The van der Waals surface area contributed by atoms with E-state index < -0.39 is 16.6 Å². The van der Waals surface area contributed by atoms with Gasteiger partial charge in [-0.2, -0.15) is 0 Å². The molecule has 21 heavy (non-hydrogen) atoms. The number of aromatic carboxylic acids is 1. The molecule has 2 aromatic heterocycles. The quantitative estimate of drug-likeness (QED) is 0.643. The van der Waals surface area contributed by atoms with Gasteiger partial charge in [0, 0.05) is 17.6 Å². The van der Waals surface area contributed by atoms with Gasteiger partial charge in [-0.3, -0.25) is 10.1 Å². The summed E-state index contributed by atoms with van der Waals surface area (Å²) in [7, 11) is 0. The normalized spacial score (nSPS) is 10.6. The summed E-state index contributed by atoms with van der Waals surface area (Å²) in [6.45, 7) is 3.97. The predicted octanol–water partition coefficient (Wildman–Crippen LogP) is 3.01. The second-order valence-electron chi connectivity index (χ2n) is 4.51. The van der Waals surface area contributed by atoms with E-state index in [-0.39, 0.29) is 17.3 Å². The number of nitrogens with zero attached hydrogens (tertiary/aromatic N) is 3. The number of anilines is 2. The van der Waals surface area contributed by atoms with Gasteiger partial charge in [0.2, 0.25) is 5.82 Å². The molecule has 0 bridgehead atoms. The molecule has 0 aliphatic carbocycles. The van der Waals surface area contributed by atoms with Crippen LogP contribution in [0.3, 0.4) is 0 Å². The molecule has 0 radical (unpaired) electrons. The highest BCUT2D eigenvalue weighted by molar-refractivity contribution is 7.13. The maximum Gasteiger partial charge on any atom is 0.337 e. The third-order valence-corrected chi connectivity index (χ3v) is 3.43. The van der Waals surface area contributed by atoms with Crippen molar-refractivity contribution < 1.29 is 14.8 Å². The van der Waals surface area contributed by atoms with E-state index in [0.717, 1.165) is 18.0 Å². The maximum absolute atomic E-state index is 11.0. The van der Waals surface area contributed by atoms with Gasteiger partial charge < -0.3 is 10.4 Å². The standard InChI is InChI=1S/C12H12N4O4S/c1-6(2)8-5-21-12(14-8)15-10-9(16(19)20)3-7(4-13-10)11(17)18/h3-6H,1-2H3,(H,17,18)(H,13,14,15). The van der Waals surface area contributed by atoms with Gasteiger partial charge in [-0.05, 0) is 5.92 Å².